The quantitative estimate of drug-likeness (QED) is 0.705. The highest BCUT2D eigenvalue weighted by Gasteiger charge is 2.15. The zero-order valence-electron chi connectivity index (χ0n) is 17.6. The van der Waals surface area contributed by atoms with Crippen molar-refractivity contribution in [2.45, 2.75) is 27.2 Å². The van der Waals surface area contributed by atoms with Gasteiger partial charge in [-0.3, -0.25) is 4.79 Å². The minimum atomic E-state index is -0.104. The Morgan fingerprint density at radius 1 is 0.964 bits per heavy atom. The zero-order valence-corrected chi connectivity index (χ0v) is 17.6. The number of amides is 1. The average molecular weight is 386 g/mol. The Hall–Kier alpha value is -2.89. The molecule has 0 bridgehead atoms. The molecule has 6 heteroatoms. The minimum Gasteiger partial charge on any atom is -0.493 e. The van der Waals surface area contributed by atoms with E-state index in [-0.39, 0.29) is 12.3 Å². The van der Waals surface area contributed by atoms with E-state index < -0.39 is 0 Å². The molecule has 0 atom stereocenters. The van der Waals surface area contributed by atoms with Crippen LogP contribution in [0.3, 0.4) is 0 Å². The number of anilines is 2. The van der Waals surface area contributed by atoms with Gasteiger partial charge in [0.05, 0.1) is 27.8 Å². The van der Waals surface area contributed by atoms with Crippen molar-refractivity contribution in [3.8, 4) is 17.2 Å². The molecule has 0 aromatic heterocycles. The number of hydrogen-bond donors (Lipinski definition) is 1. The summed E-state index contributed by atoms with van der Waals surface area (Å²) in [5.41, 5.74) is 3.78. The number of ether oxygens (including phenoxy) is 3. The summed E-state index contributed by atoms with van der Waals surface area (Å²) in [7, 11) is 4.67. The van der Waals surface area contributed by atoms with Crippen LogP contribution < -0.4 is 24.4 Å². The second kappa shape index (κ2) is 9.88. The zero-order chi connectivity index (χ0) is 20.7. The van der Waals surface area contributed by atoms with Crippen LogP contribution in [0.1, 0.15) is 25.0 Å². The predicted octanol–water partition coefficient (Wildman–Crippen LogP) is 4.05. The molecule has 0 saturated heterocycles. The van der Waals surface area contributed by atoms with Gasteiger partial charge in [-0.05, 0) is 62.2 Å². The van der Waals surface area contributed by atoms with Crippen molar-refractivity contribution in [2.75, 3.05) is 44.6 Å². The van der Waals surface area contributed by atoms with E-state index in [4.69, 9.17) is 14.2 Å². The second-order valence-corrected chi connectivity index (χ2v) is 6.43. The van der Waals surface area contributed by atoms with E-state index in [1.807, 2.05) is 19.1 Å². The van der Waals surface area contributed by atoms with E-state index in [2.05, 4.69) is 30.1 Å². The Kier molecular flexibility index (Phi) is 7.55. The standard InChI is InChI=1S/C22H30N2O4/c1-7-24(8-2)17-9-10-18(15(3)11-17)23-21(25)14-16-12-19(26-4)22(28-6)20(13-16)27-5/h9-13H,7-8,14H2,1-6H3,(H,23,25). The van der Waals surface area contributed by atoms with Crippen molar-refractivity contribution < 1.29 is 19.0 Å². The molecule has 0 spiro atoms. The van der Waals surface area contributed by atoms with Gasteiger partial charge in [-0.2, -0.15) is 0 Å². The summed E-state index contributed by atoms with van der Waals surface area (Å²) in [6.45, 7) is 8.16. The van der Waals surface area contributed by atoms with Crippen LogP contribution in [0.2, 0.25) is 0 Å². The first-order valence-electron chi connectivity index (χ1n) is 9.41. The molecule has 2 rings (SSSR count). The molecule has 28 heavy (non-hydrogen) atoms. The van der Waals surface area contributed by atoms with Gasteiger partial charge in [-0.1, -0.05) is 0 Å². The van der Waals surface area contributed by atoms with Crippen molar-refractivity contribution in [2.24, 2.45) is 0 Å². The number of methoxy groups -OCH3 is 3. The van der Waals surface area contributed by atoms with Crippen molar-refractivity contribution in [1.82, 2.24) is 0 Å². The molecule has 0 fully saturated rings. The van der Waals surface area contributed by atoms with Gasteiger partial charge >= 0.3 is 0 Å². The molecule has 0 saturated carbocycles. The molecule has 0 aliphatic rings. The first-order valence-corrected chi connectivity index (χ1v) is 9.41. The van der Waals surface area contributed by atoms with E-state index >= 15 is 0 Å². The maximum atomic E-state index is 12.6. The van der Waals surface area contributed by atoms with Gasteiger partial charge in [0.2, 0.25) is 11.7 Å². The third-order valence-corrected chi connectivity index (χ3v) is 4.70. The highest BCUT2D eigenvalue weighted by atomic mass is 16.5. The summed E-state index contributed by atoms with van der Waals surface area (Å²) in [6.07, 6.45) is 0.202. The Bertz CT molecular complexity index is 791. The van der Waals surface area contributed by atoms with Gasteiger partial charge in [0.25, 0.3) is 0 Å². The number of hydrogen-bond acceptors (Lipinski definition) is 5. The molecule has 2 aromatic rings. The first kappa shape index (κ1) is 21.4. The van der Waals surface area contributed by atoms with Crippen molar-refractivity contribution >= 4 is 17.3 Å². The third-order valence-electron chi connectivity index (χ3n) is 4.70. The maximum absolute atomic E-state index is 12.6. The fourth-order valence-corrected chi connectivity index (χ4v) is 3.19. The van der Waals surface area contributed by atoms with Crippen LogP contribution in [0.4, 0.5) is 11.4 Å². The molecule has 1 N–H and O–H groups in total. The summed E-state index contributed by atoms with van der Waals surface area (Å²) in [5, 5.41) is 2.99. The fourth-order valence-electron chi connectivity index (χ4n) is 3.19. The van der Waals surface area contributed by atoms with Crippen molar-refractivity contribution in [3.05, 3.63) is 41.5 Å². The van der Waals surface area contributed by atoms with Crippen LogP contribution in [-0.2, 0) is 11.2 Å². The number of carbonyl (C=O) groups excluding carboxylic acids is 1. The van der Waals surface area contributed by atoms with Crippen molar-refractivity contribution in [3.63, 3.8) is 0 Å². The second-order valence-electron chi connectivity index (χ2n) is 6.43. The molecule has 0 unspecified atom stereocenters. The lowest BCUT2D eigenvalue weighted by Crippen LogP contribution is -2.22. The van der Waals surface area contributed by atoms with Crippen LogP contribution >= 0.6 is 0 Å². The molecule has 0 aliphatic heterocycles. The summed E-state index contributed by atoms with van der Waals surface area (Å²) in [6, 6.07) is 9.67. The number of aryl methyl sites for hydroxylation is 1. The number of nitrogens with zero attached hydrogens (tertiary/aromatic N) is 1. The monoisotopic (exact) mass is 386 g/mol. The highest BCUT2D eigenvalue weighted by Crippen LogP contribution is 2.38. The van der Waals surface area contributed by atoms with E-state index in [9.17, 15) is 4.79 Å². The summed E-state index contributed by atoms with van der Waals surface area (Å²) in [5.74, 6) is 1.47. The number of benzene rings is 2. The van der Waals surface area contributed by atoms with Crippen LogP contribution in [0, 0.1) is 6.92 Å². The van der Waals surface area contributed by atoms with Gasteiger partial charge < -0.3 is 24.4 Å². The topological polar surface area (TPSA) is 60.0 Å². The van der Waals surface area contributed by atoms with E-state index in [1.54, 1.807) is 33.5 Å². The highest BCUT2D eigenvalue weighted by molar-refractivity contribution is 5.93. The van der Waals surface area contributed by atoms with E-state index in [0.717, 1.165) is 35.6 Å². The van der Waals surface area contributed by atoms with E-state index in [0.29, 0.717) is 17.2 Å². The Labute approximate surface area is 167 Å². The largest absolute Gasteiger partial charge is 0.493 e. The van der Waals surface area contributed by atoms with Gasteiger partial charge in [0.15, 0.2) is 11.5 Å². The Balaban J connectivity index is 2.16. The van der Waals surface area contributed by atoms with Crippen molar-refractivity contribution in [1.29, 1.82) is 0 Å². The number of carbonyl (C=O) groups is 1. The molecule has 6 nitrogen and oxygen atoms in total. The van der Waals surface area contributed by atoms with Gasteiger partial charge in [0, 0.05) is 24.5 Å². The Morgan fingerprint density at radius 3 is 2.04 bits per heavy atom. The maximum Gasteiger partial charge on any atom is 0.228 e. The lowest BCUT2D eigenvalue weighted by Gasteiger charge is -2.22. The van der Waals surface area contributed by atoms with Crippen LogP contribution in [0.15, 0.2) is 30.3 Å². The number of nitrogens with one attached hydrogen (secondary N) is 1. The SMILES string of the molecule is CCN(CC)c1ccc(NC(=O)Cc2cc(OC)c(OC)c(OC)c2)c(C)c1. The van der Waals surface area contributed by atoms with Gasteiger partial charge in [-0.15, -0.1) is 0 Å². The number of rotatable bonds is 9. The predicted molar refractivity (Wildman–Crippen MR) is 113 cm³/mol. The van der Waals surface area contributed by atoms with Gasteiger partial charge in [-0.25, -0.2) is 0 Å². The van der Waals surface area contributed by atoms with Gasteiger partial charge in [0.1, 0.15) is 0 Å². The first-order chi connectivity index (χ1) is 13.5. The molecule has 2 aromatic carbocycles. The molecule has 152 valence electrons. The smallest absolute Gasteiger partial charge is 0.228 e. The average Bonchev–Trinajstić information content (AvgIpc) is 2.70. The lowest BCUT2D eigenvalue weighted by atomic mass is 10.1. The summed E-state index contributed by atoms with van der Waals surface area (Å²) >= 11 is 0. The minimum absolute atomic E-state index is 0.104. The fraction of sp³-hybridized carbons (Fsp3) is 0.409. The molecular formula is C22H30N2O4. The Morgan fingerprint density at radius 2 is 1.57 bits per heavy atom. The van der Waals surface area contributed by atoms with Crippen LogP contribution in [0.25, 0.3) is 0 Å². The normalized spacial score (nSPS) is 10.4. The molecule has 0 radical (unpaired) electrons. The van der Waals surface area contributed by atoms with E-state index in [1.165, 1.54) is 0 Å². The summed E-state index contributed by atoms with van der Waals surface area (Å²) in [4.78, 5) is 14.9. The van der Waals surface area contributed by atoms with Crippen LogP contribution in [-0.4, -0.2) is 40.3 Å². The molecular weight excluding hydrogens is 356 g/mol. The van der Waals surface area contributed by atoms with Crippen LogP contribution in [0.5, 0.6) is 17.2 Å². The molecule has 0 aliphatic carbocycles. The molecule has 1 amide bonds. The third kappa shape index (κ3) is 4.88. The lowest BCUT2D eigenvalue weighted by molar-refractivity contribution is -0.115. The molecule has 0 heterocycles. The summed E-state index contributed by atoms with van der Waals surface area (Å²) < 4.78 is 16.0.